The number of esters is 1. The molecule has 0 aliphatic rings. The van der Waals surface area contributed by atoms with Crippen molar-refractivity contribution in [2.75, 3.05) is 19.8 Å². The number of Topliss-reactive ketones (excluding diaryl/α,β-unsaturated/α-hetero) is 1. The van der Waals surface area contributed by atoms with E-state index in [9.17, 15) is 14.4 Å². The summed E-state index contributed by atoms with van der Waals surface area (Å²) < 4.78 is 10.2. The van der Waals surface area contributed by atoms with Crippen molar-refractivity contribution in [3.63, 3.8) is 0 Å². The van der Waals surface area contributed by atoms with E-state index in [0.29, 0.717) is 23.5 Å². The molecule has 0 saturated carbocycles. The van der Waals surface area contributed by atoms with E-state index in [1.165, 1.54) is 0 Å². The zero-order valence-electron chi connectivity index (χ0n) is 15.5. The third-order valence-corrected chi connectivity index (χ3v) is 3.87. The van der Waals surface area contributed by atoms with Gasteiger partial charge in [-0.2, -0.15) is 0 Å². The van der Waals surface area contributed by atoms with Gasteiger partial charge >= 0.3 is 5.97 Å². The Morgan fingerprint density at radius 2 is 1.52 bits per heavy atom. The Balaban J connectivity index is 1.76. The van der Waals surface area contributed by atoms with Crippen LogP contribution in [0.1, 0.15) is 40.1 Å². The van der Waals surface area contributed by atoms with Crippen LogP contribution >= 0.6 is 0 Å². The molecule has 0 aromatic heterocycles. The predicted octanol–water partition coefficient (Wildman–Crippen LogP) is 2.80. The van der Waals surface area contributed by atoms with Gasteiger partial charge in [0, 0.05) is 11.1 Å². The van der Waals surface area contributed by atoms with Gasteiger partial charge in [-0.15, -0.1) is 0 Å². The molecule has 1 N–H and O–H groups in total. The van der Waals surface area contributed by atoms with Crippen LogP contribution in [0, 0.1) is 0 Å². The first-order valence-electron chi connectivity index (χ1n) is 8.82. The third-order valence-electron chi connectivity index (χ3n) is 3.87. The first-order valence-corrected chi connectivity index (χ1v) is 8.82. The van der Waals surface area contributed by atoms with E-state index in [4.69, 9.17) is 9.47 Å². The predicted molar refractivity (Wildman–Crippen MR) is 101 cm³/mol. The molecule has 0 saturated heterocycles. The molecular weight excluding hydrogens is 346 g/mol. The summed E-state index contributed by atoms with van der Waals surface area (Å²) in [7, 11) is 0. The summed E-state index contributed by atoms with van der Waals surface area (Å²) in [5.74, 6) is -0.702. The second-order valence-electron chi connectivity index (χ2n) is 5.77. The molecule has 1 amide bonds. The van der Waals surface area contributed by atoms with Crippen LogP contribution in [0.4, 0.5) is 0 Å². The number of carbonyl (C=O) groups is 3. The molecule has 142 valence electrons. The number of benzene rings is 2. The van der Waals surface area contributed by atoms with Gasteiger partial charge in [0.25, 0.3) is 5.91 Å². The standard InChI is InChI=1S/C21H23NO5/c1-3-15-5-7-16(8-6-15)19(23)14-27-20(24)13-22-21(25)17-9-11-18(12-10-17)26-4-2/h5-12H,3-4,13-14H2,1-2H3,(H,22,25). The highest BCUT2D eigenvalue weighted by atomic mass is 16.5. The fourth-order valence-electron chi connectivity index (χ4n) is 2.33. The van der Waals surface area contributed by atoms with Crippen molar-refractivity contribution in [2.45, 2.75) is 20.3 Å². The van der Waals surface area contributed by atoms with Gasteiger partial charge in [0.15, 0.2) is 12.4 Å². The number of hydrogen-bond donors (Lipinski definition) is 1. The zero-order chi connectivity index (χ0) is 19.6. The average molecular weight is 369 g/mol. The highest BCUT2D eigenvalue weighted by Gasteiger charge is 2.12. The third kappa shape index (κ3) is 6.26. The maximum Gasteiger partial charge on any atom is 0.325 e. The number of carbonyl (C=O) groups excluding carboxylic acids is 3. The van der Waals surface area contributed by atoms with E-state index in [1.807, 2.05) is 26.0 Å². The largest absolute Gasteiger partial charge is 0.494 e. The lowest BCUT2D eigenvalue weighted by molar-refractivity contribution is -0.141. The highest BCUT2D eigenvalue weighted by molar-refractivity contribution is 5.98. The van der Waals surface area contributed by atoms with Crippen LogP contribution in [-0.4, -0.2) is 37.4 Å². The fourth-order valence-corrected chi connectivity index (χ4v) is 2.33. The minimum absolute atomic E-state index is 0.288. The van der Waals surface area contributed by atoms with Crippen molar-refractivity contribution >= 4 is 17.7 Å². The van der Waals surface area contributed by atoms with Crippen LogP contribution in [0.3, 0.4) is 0 Å². The van der Waals surface area contributed by atoms with E-state index < -0.39 is 11.9 Å². The van der Waals surface area contributed by atoms with Gasteiger partial charge in [0.2, 0.25) is 0 Å². The monoisotopic (exact) mass is 369 g/mol. The summed E-state index contributed by atoms with van der Waals surface area (Å²) in [5, 5.41) is 2.46. The molecule has 0 atom stereocenters. The van der Waals surface area contributed by atoms with Crippen LogP contribution in [-0.2, 0) is 16.0 Å². The summed E-state index contributed by atoms with van der Waals surface area (Å²) >= 11 is 0. The summed E-state index contributed by atoms with van der Waals surface area (Å²) in [6.45, 7) is 3.77. The Kier molecular flexibility index (Phi) is 7.55. The lowest BCUT2D eigenvalue weighted by Gasteiger charge is -2.07. The van der Waals surface area contributed by atoms with Crippen molar-refractivity contribution in [3.05, 3.63) is 65.2 Å². The zero-order valence-corrected chi connectivity index (χ0v) is 15.5. The number of hydrogen-bond acceptors (Lipinski definition) is 5. The normalized spacial score (nSPS) is 10.1. The second kappa shape index (κ2) is 10.1. The van der Waals surface area contributed by atoms with Gasteiger partial charge in [0.05, 0.1) is 6.61 Å². The summed E-state index contributed by atoms with van der Waals surface area (Å²) in [6, 6.07) is 13.7. The molecule has 0 bridgehead atoms. The lowest BCUT2D eigenvalue weighted by Crippen LogP contribution is -2.31. The quantitative estimate of drug-likeness (QED) is 0.543. The number of aryl methyl sites for hydroxylation is 1. The Morgan fingerprint density at radius 1 is 0.889 bits per heavy atom. The smallest absolute Gasteiger partial charge is 0.325 e. The Hall–Kier alpha value is -3.15. The SMILES string of the molecule is CCOc1ccc(C(=O)NCC(=O)OCC(=O)c2ccc(CC)cc2)cc1. The van der Waals surface area contributed by atoms with E-state index in [0.717, 1.165) is 12.0 Å². The van der Waals surface area contributed by atoms with Crippen LogP contribution in [0.2, 0.25) is 0 Å². The van der Waals surface area contributed by atoms with E-state index >= 15 is 0 Å². The Morgan fingerprint density at radius 3 is 2.11 bits per heavy atom. The number of amides is 1. The molecule has 0 radical (unpaired) electrons. The average Bonchev–Trinajstić information content (AvgIpc) is 2.71. The molecule has 0 aliphatic carbocycles. The van der Waals surface area contributed by atoms with Gasteiger partial charge in [-0.1, -0.05) is 31.2 Å². The first-order chi connectivity index (χ1) is 13.0. The Labute approximate surface area is 158 Å². The molecule has 2 aromatic carbocycles. The molecule has 27 heavy (non-hydrogen) atoms. The minimum atomic E-state index is -0.673. The summed E-state index contributed by atoms with van der Waals surface area (Å²) in [4.78, 5) is 35.8. The molecule has 0 aliphatic heterocycles. The lowest BCUT2D eigenvalue weighted by atomic mass is 10.1. The number of ether oxygens (including phenoxy) is 2. The first kappa shape index (κ1) is 20.2. The molecule has 0 heterocycles. The maximum absolute atomic E-state index is 12.0. The Bertz CT molecular complexity index is 781. The molecule has 2 aromatic rings. The van der Waals surface area contributed by atoms with E-state index in [2.05, 4.69) is 5.32 Å². The number of nitrogens with one attached hydrogen (secondary N) is 1. The van der Waals surface area contributed by atoms with Crippen LogP contribution in [0.5, 0.6) is 5.75 Å². The van der Waals surface area contributed by atoms with Crippen molar-refractivity contribution in [3.8, 4) is 5.75 Å². The van der Waals surface area contributed by atoms with E-state index in [-0.39, 0.29) is 18.9 Å². The summed E-state index contributed by atoms with van der Waals surface area (Å²) in [6.07, 6.45) is 0.886. The van der Waals surface area contributed by atoms with Crippen molar-refractivity contribution in [1.82, 2.24) is 5.32 Å². The van der Waals surface area contributed by atoms with Crippen LogP contribution in [0.15, 0.2) is 48.5 Å². The second-order valence-corrected chi connectivity index (χ2v) is 5.77. The molecule has 0 spiro atoms. The molecule has 0 fully saturated rings. The molecular formula is C21H23NO5. The fraction of sp³-hybridized carbons (Fsp3) is 0.286. The van der Waals surface area contributed by atoms with E-state index in [1.54, 1.807) is 36.4 Å². The van der Waals surface area contributed by atoms with Gasteiger partial charge in [-0.3, -0.25) is 14.4 Å². The molecule has 6 nitrogen and oxygen atoms in total. The topological polar surface area (TPSA) is 81.7 Å². The van der Waals surface area contributed by atoms with Crippen LogP contribution in [0.25, 0.3) is 0 Å². The number of rotatable bonds is 9. The molecule has 0 unspecified atom stereocenters. The maximum atomic E-state index is 12.0. The highest BCUT2D eigenvalue weighted by Crippen LogP contribution is 2.12. The van der Waals surface area contributed by atoms with Crippen molar-refractivity contribution < 1.29 is 23.9 Å². The van der Waals surface area contributed by atoms with Gasteiger partial charge < -0.3 is 14.8 Å². The van der Waals surface area contributed by atoms with Gasteiger partial charge in [0.1, 0.15) is 12.3 Å². The summed E-state index contributed by atoms with van der Waals surface area (Å²) in [5.41, 5.74) is 2.01. The van der Waals surface area contributed by atoms with Crippen molar-refractivity contribution in [1.29, 1.82) is 0 Å². The molecule has 2 rings (SSSR count). The minimum Gasteiger partial charge on any atom is -0.494 e. The van der Waals surface area contributed by atoms with Crippen LogP contribution < -0.4 is 10.1 Å². The molecule has 6 heteroatoms. The van der Waals surface area contributed by atoms with Gasteiger partial charge in [-0.05, 0) is 43.2 Å². The van der Waals surface area contributed by atoms with Gasteiger partial charge in [-0.25, -0.2) is 0 Å². The van der Waals surface area contributed by atoms with Crippen molar-refractivity contribution in [2.24, 2.45) is 0 Å². The number of ketones is 1.